The van der Waals surface area contributed by atoms with E-state index in [1.54, 1.807) is 0 Å². The first-order valence-corrected chi connectivity index (χ1v) is 6.15. The molecule has 0 atom stereocenters. The van der Waals surface area contributed by atoms with Crippen molar-refractivity contribution in [1.29, 1.82) is 0 Å². The van der Waals surface area contributed by atoms with E-state index in [-0.39, 0.29) is 6.10 Å². The molecule has 1 aromatic rings. The monoisotopic (exact) mass is 237 g/mol. The molecule has 4 heteroatoms. The molecular formula is C13H23N3O. The van der Waals surface area contributed by atoms with Crippen LogP contribution in [0.5, 0.6) is 5.88 Å². The molecule has 0 radical (unpaired) electrons. The van der Waals surface area contributed by atoms with E-state index >= 15 is 0 Å². The number of nitrogens with zero attached hydrogens (tertiary/aromatic N) is 2. The molecule has 0 bridgehead atoms. The quantitative estimate of drug-likeness (QED) is 0.855. The highest BCUT2D eigenvalue weighted by molar-refractivity contribution is 5.54. The number of nitrogens with two attached hydrogens (primary N) is 1. The van der Waals surface area contributed by atoms with Crippen LogP contribution in [0.3, 0.4) is 0 Å². The number of hydrogen-bond donors (Lipinski definition) is 1. The van der Waals surface area contributed by atoms with Gasteiger partial charge < -0.3 is 15.4 Å². The molecule has 0 saturated heterocycles. The van der Waals surface area contributed by atoms with E-state index < -0.39 is 0 Å². The maximum Gasteiger partial charge on any atom is 0.239 e. The van der Waals surface area contributed by atoms with Crippen molar-refractivity contribution in [3.05, 3.63) is 12.1 Å². The SMILES string of the molecule is CCN(c1ccc(N)c(OC(C)C)n1)C(C)C. The van der Waals surface area contributed by atoms with E-state index in [0.717, 1.165) is 12.4 Å². The van der Waals surface area contributed by atoms with Crippen LogP contribution in [0.4, 0.5) is 11.5 Å². The van der Waals surface area contributed by atoms with Crippen LogP contribution >= 0.6 is 0 Å². The summed E-state index contributed by atoms with van der Waals surface area (Å²) in [6.07, 6.45) is 0.0779. The van der Waals surface area contributed by atoms with Gasteiger partial charge in [-0.3, -0.25) is 0 Å². The second kappa shape index (κ2) is 5.75. The molecule has 1 rings (SSSR count). The molecule has 0 aliphatic rings. The predicted octanol–water partition coefficient (Wildman–Crippen LogP) is 2.69. The summed E-state index contributed by atoms with van der Waals surface area (Å²) in [6.45, 7) is 11.2. The number of hydrogen-bond acceptors (Lipinski definition) is 4. The summed E-state index contributed by atoms with van der Waals surface area (Å²) in [6, 6.07) is 4.19. The average Bonchev–Trinajstić information content (AvgIpc) is 2.22. The molecule has 0 aliphatic carbocycles. The van der Waals surface area contributed by atoms with Gasteiger partial charge in [-0.05, 0) is 46.8 Å². The molecule has 0 aromatic carbocycles. The van der Waals surface area contributed by atoms with Crippen LogP contribution in [-0.4, -0.2) is 23.7 Å². The second-order valence-electron chi connectivity index (χ2n) is 4.61. The van der Waals surface area contributed by atoms with Gasteiger partial charge in [-0.1, -0.05) is 0 Å². The Bertz CT molecular complexity index is 364. The van der Waals surface area contributed by atoms with Crippen LogP contribution in [0.1, 0.15) is 34.6 Å². The summed E-state index contributed by atoms with van der Waals surface area (Å²) in [7, 11) is 0. The highest BCUT2D eigenvalue weighted by Gasteiger charge is 2.13. The van der Waals surface area contributed by atoms with E-state index in [1.807, 2.05) is 26.0 Å². The third kappa shape index (κ3) is 3.51. The zero-order valence-electron chi connectivity index (χ0n) is 11.4. The van der Waals surface area contributed by atoms with Gasteiger partial charge in [0.15, 0.2) is 0 Å². The first-order chi connectivity index (χ1) is 7.95. The molecular weight excluding hydrogens is 214 g/mol. The lowest BCUT2D eigenvalue weighted by Crippen LogP contribution is -2.31. The fourth-order valence-electron chi connectivity index (χ4n) is 1.71. The molecule has 0 amide bonds. The van der Waals surface area contributed by atoms with Crippen LogP contribution in [-0.2, 0) is 0 Å². The van der Waals surface area contributed by atoms with Crippen molar-refractivity contribution in [3.8, 4) is 5.88 Å². The van der Waals surface area contributed by atoms with Gasteiger partial charge in [-0.25, -0.2) is 0 Å². The highest BCUT2D eigenvalue weighted by atomic mass is 16.5. The fourth-order valence-corrected chi connectivity index (χ4v) is 1.71. The largest absolute Gasteiger partial charge is 0.473 e. The summed E-state index contributed by atoms with van der Waals surface area (Å²) >= 11 is 0. The third-order valence-corrected chi connectivity index (χ3v) is 2.48. The molecule has 0 aliphatic heterocycles. The lowest BCUT2D eigenvalue weighted by Gasteiger charge is -2.27. The molecule has 0 fully saturated rings. The van der Waals surface area contributed by atoms with E-state index in [0.29, 0.717) is 17.6 Å². The van der Waals surface area contributed by atoms with Crippen LogP contribution in [0.25, 0.3) is 0 Å². The third-order valence-electron chi connectivity index (χ3n) is 2.48. The van der Waals surface area contributed by atoms with E-state index in [9.17, 15) is 0 Å². The number of ether oxygens (including phenoxy) is 1. The number of aromatic nitrogens is 1. The van der Waals surface area contributed by atoms with Crippen molar-refractivity contribution in [2.24, 2.45) is 0 Å². The minimum Gasteiger partial charge on any atom is -0.473 e. The Hall–Kier alpha value is -1.45. The van der Waals surface area contributed by atoms with Gasteiger partial charge in [0.25, 0.3) is 0 Å². The zero-order valence-corrected chi connectivity index (χ0v) is 11.4. The predicted molar refractivity (Wildman–Crippen MR) is 72.6 cm³/mol. The molecule has 0 unspecified atom stereocenters. The number of anilines is 2. The summed E-state index contributed by atoms with van der Waals surface area (Å²) in [5.41, 5.74) is 6.43. The Balaban J connectivity index is 3.02. The van der Waals surface area contributed by atoms with Crippen molar-refractivity contribution >= 4 is 11.5 Å². The Morgan fingerprint density at radius 3 is 2.41 bits per heavy atom. The van der Waals surface area contributed by atoms with E-state index in [1.165, 1.54) is 0 Å². The average molecular weight is 237 g/mol. The summed E-state index contributed by atoms with van der Waals surface area (Å²) in [4.78, 5) is 6.68. The van der Waals surface area contributed by atoms with Crippen LogP contribution in [0, 0.1) is 0 Å². The van der Waals surface area contributed by atoms with Gasteiger partial charge in [-0.2, -0.15) is 4.98 Å². The minimum absolute atomic E-state index is 0.0779. The Kier molecular flexibility index (Phi) is 4.61. The highest BCUT2D eigenvalue weighted by Crippen LogP contribution is 2.24. The Morgan fingerprint density at radius 2 is 1.94 bits per heavy atom. The molecule has 96 valence electrons. The summed E-state index contributed by atoms with van der Waals surface area (Å²) in [5, 5.41) is 0. The topological polar surface area (TPSA) is 51.4 Å². The second-order valence-corrected chi connectivity index (χ2v) is 4.61. The standard InChI is InChI=1S/C13H23N3O/c1-6-16(9(2)3)12-8-7-11(14)13(15-12)17-10(4)5/h7-10H,6,14H2,1-5H3. The Labute approximate surface area is 104 Å². The maximum atomic E-state index is 5.85. The Morgan fingerprint density at radius 1 is 1.29 bits per heavy atom. The van der Waals surface area contributed by atoms with Crippen molar-refractivity contribution in [2.45, 2.75) is 46.8 Å². The van der Waals surface area contributed by atoms with Gasteiger partial charge in [0.05, 0.1) is 11.8 Å². The van der Waals surface area contributed by atoms with Gasteiger partial charge in [0, 0.05) is 12.6 Å². The van der Waals surface area contributed by atoms with Crippen molar-refractivity contribution < 1.29 is 4.74 Å². The van der Waals surface area contributed by atoms with Gasteiger partial charge in [-0.15, -0.1) is 0 Å². The fraction of sp³-hybridized carbons (Fsp3) is 0.615. The first kappa shape index (κ1) is 13.6. The molecule has 0 spiro atoms. The first-order valence-electron chi connectivity index (χ1n) is 6.15. The minimum atomic E-state index is 0.0779. The number of nitrogen functional groups attached to an aromatic ring is 1. The summed E-state index contributed by atoms with van der Waals surface area (Å²) < 4.78 is 5.60. The lowest BCUT2D eigenvalue weighted by atomic mass is 10.3. The van der Waals surface area contributed by atoms with Crippen LogP contribution in [0.2, 0.25) is 0 Å². The van der Waals surface area contributed by atoms with Crippen molar-refractivity contribution in [2.75, 3.05) is 17.2 Å². The number of pyridine rings is 1. The van der Waals surface area contributed by atoms with Crippen molar-refractivity contribution in [1.82, 2.24) is 4.98 Å². The van der Waals surface area contributed by atoms with Crippen LogP contribution < -0.4 is 15.4 Å². The van der Waals surface area contributed by atoms with E-state index in [2.05, 4.69) is 30.7 Å². The molecule has 0 saturated carbocycles. The lowest BCUT2D eigenvalue weighted by molar-refractivity contribution is 0.234. The van der Waals surface area contributed by atoms with Gasteiger partial charge in [0.2, 0.25) is 5.88 Å². The molecule has 1 aromatic heterocycles. The molecule has 17 heavy (non-hydrogen) atoms. The normalized spacial score (nSPS) is 11.0. The molecule has 4 nitrogen and oxygen atoms in total. The smallest absolute Gasteiger partial charge is 0.239 e. The van der Waals surface area contributed by atoms with Gasteiger partial charge >= 0.3 is 0 Å². The maximum absolute atomic E-state index is 5.85. The summed E-state index contributed by atoms with van der Waals surface area (Å²) in [5.74, 6) is 1.43. The van der Waals surface area contributed by atoms with Crippen LogP contribution in [0.15, 0.2) is 12.1 Å². The van der Waals surface area contributed by atoms with Crippen molar-refractivity contribution in [3.63, 3.8) is 0 Å². The van der Waals surface area contributed by atoms with E-state index in [4.69, 9.17) is 10.5 Å². The number of rotatable bonds is 5. The van der Waals surface area contributed by atoms with Gasteiger partial charge in [0.1, 0.15) is 5.82 Å². The molecule has 2 N–H and O–H groups in total. The molecule has 1 heterocycles. The zero-order chi connectivity index (χ0) is 13.0.